The van der Waals surface area contributed by atoms with Crippen LogP contribution in [0, 0.1) is 46.3 Å². The van der Waals surface area contributed by atoms with Crippen molar-refractivity contribution in [3.63, 3.8) is 0 Å². The maximum absolute atomic E-state index is 12.1. The van der Waals surface area contributed by atoms with Crippen molar-refractivity contribution in [2.45, 2.75) is 80.1 Å². The first-order chi connectivity index (χ1) is 14.9. The lowest BCUT2D eigenvalue weighted by Crippen LogP contribution is -2.56. The molecule has 6 aliphatic carbocycles. The number of carbonyl (C=O) groups is 4. The predicted molar refractivity (Wildman–Crippen MR) is 119 cm³/mol. The SMILES string of the molecule is CCOC(=O)C[C@@H]1C[C@H]2C[C@@H](C1=O)C2(C)C.CCOC(=O)C[C@H]1C[C@H]2C[C@@H](C1=O)C2(C)C. The van der Waals surface area contributed by atoms with Crippen LogP contribution in [0.2, 0.25) is 0 Å². The van der Waals surface area contributed by atoms with E-state index in [0.717, 1.165) is 25.7 Å². The number of hydrogen-bond acceptors (Lipinski definition) is 6. The van der Waals surface area contributed by atoms with Crippen LogP contribution in [0.5, 0.6) is 0 Å². The molecule has 0 unspecified atom stereocenters. The molecule has 180 valence electrons. The summed E-state index contributed by atoms with van der Waals surface area (Å²) in [5.41, 5.74) is 0.338. The average Bonchev–Trinajstić information content (AvgIpc) is 2.71. The molecule has 6 aliphatic rings. The van der Waals surface area contributed by atoms with E-state index < -0.39 is 0 Å². The third kappa shape index (κ3) is 4.51. The number of esters is 2. The van der Waals surface area contributed by atoms with E-state index in [9.17, 15) is 19.2 Å². The van der Waals surface area contributed by atoms with Gasteiger partial charge >= 0.3 is 11.9 Å². The standard InChI is InChI=1S/2C13H20O3/c2*1-4-16-11(14)6-8-5-9-7-10(12(8)15)13(9,2)3/h2*8-10H,4-7H2,1-3H3/t8-,9+,10+;8-,9-,10-/m10/s1. The summed E-state index contributed by atoms with van der Waals surface area (Å²) in [6.07, 6.45) is 4.39. The first-order valence-corrected chi connectivity index (χ1v) is 12.3. The molecule has 6 fully saturated rings. The number of carbonyl (C=O) groups excluding carboxylic acids is 4. The summed E-state index contributed by atoms with van der Waals surface area (Å²) < 4.78 is 9.81. The van der Waals surface area contributed by atoms with Gasteiger partial charge < -0.3 is 9.47 Å². The van der Waals surface area contributed by atoms with Crippen LogP contribution in [0.25, 0.3) is 0 Å². The molecule has 0 aromatic rings. The van der Waals surface area contributed by atoms with Crippen molar-refractivity contribution >= 4 is 23.5 Å². The van der Waals surface area contributed by atoms with E-state index in [1.807, 2.05) is 0 Å². The summed E-state index contributed by atoms with van der Waals surface area (Å²) in [5, 5.41) is 0. The zero-order chi connectivity index (χ0) is 23.8. The molecule has 4 bridgehead atoms. The van der Waals surface area contributed by atoms with Crippen molar-refractivity contribution in [1.82, 2.24) is 0 Å². The Hall–Kier alpha value is -1.72. The molecule has 0 aromatic heterocycles. The van der Waals surface area contributed by atoms with Crippen LogP contribution in [-0.4, -0.2) is 36.7 Å². The summed E-state index contributed by atoms with van der Waals surface area (Å²) in [4.78, 5) is 47.0. The molecule has 32 heavy (non-hydrogen) atoms. The summed E-state index contributed by atoms with van der Waals surface area (Å²) in [7, 11) is 0. The van der Waals surface area contributed by atoms with Crippen molar-refractivity contribution in [3.05, 3.63) is 0 Å². The molecular formula is C26H40O6. The van der Waals surface area contributed by atoms with Crippen molar-refractivity contribution in [2.24, 2.45) is 46.3 Å². The highest BCUT2D eigenvalue weighted by molar-refractivity contribution is 5.90. The Morgan fingerprint density at radius 1 is 0.719 bits per heavy atom. The molecule has 0 spiro atoms. The van der Waals surface area contributed by atoms with Gasteiger partial charge in [-0.3, -0.25) is 19.2 Å². The molecule has 6 nitrogen and oxygen atoms in total. The third-order valence-electron chi connectivity index (χ3n) is 9.01. The molecule has 0 amide bonds. The van der Waals surface area contributed by atoms with Crippen LogP contribution in [0.15, 0.2) is 0 Å². The summed E-state index contributed by atoms with van der Waals surface area (Å²) in [6.45, 7) is 13.1. The van der Waals surface area contributed by atoms with E-state index in [-0.39, 0.29) is 59.3 Å². The number of fused-ring (bicyclic) bond motifs is 4. The second-order valence-electron chi connectivity index (χ2n) is 11.3. The maximum atomic E-state index is 12.1. The van der Waals surface area contributed by atoms with Gasteiger partial charge in [0.05, 0.1) is 26.1 Å². The van der Waals surface area contributed by atoms with Crippen LogP contribution < -0.4 is 0 Å². The van der Waals surface area contributed by atoms with Crippen molar-refractivity contribution in [1.29, 1.82) is 0 Å². The van der Waals surface area contributed by atoms with Crippen molar-refractivity contribution < 1.29 is 28.7 Å². The largest absolute Gasteiger partial charge is 0.466 e. The lowest BCUT2D eigenvalue weighted by molar-refractivity contribution is -0.162. The Balaban J connectivity index is 0.000000181. The van der Waals surface area contributed by atoms with Crippen LogP contribution in [0.3, 0.4) is 0 Å². The van der Waals surface area contributed by atoms with Crippen molar-refractivity contribution in [3.8, 4) is 0 Å². The molecule has 0 heterocycles. The fourth-order valence-corrected chi connectivity index (χ4v) is 6.50. The van der Waals surface area contributed by atoms with Gasteiger partial charge in [-0.05, 0) is 62.2 Å². The molecule has 6 saturated carbocycles. The van der Waals surface area contributed by atoms with Crippen LogP contribution >= 0.6 is 0 Å². The molecule has 0 radical (unpaired) electrons. The minimum atomic E-state index is -0.222. The number of rotatable bonds is 6. The first kappa shape index (κ1) is 24.9. The predicted octanol–water partition coefficient (Wildman–Crippen LogP) is 4.38. The van der Waals surface area contributed by atoms with Gasteiger partial charge in [0.15, 0.2) is 0 Å². The molecule has 6 heteroatoms. The number of ether oxygens (including phenoxy) is 2. The van der Waals surface area contributed by atoms with Gasteiger partial charge in [0.2, 0.25) is 0 Å². The fourth-order valence-electron chi connectivity index (χ4n) is 6.50. The minimum absolute atomic E-state index is 0.0733. The fraction of sp³-hybridized carbons (Fsp3) is 0.846. The quantitative estimate of drug-likeness (QED) is 0.561. The van der Waals surface area contributed by atoms with Gasteiger partial charge in [-0.15, -0.1) is 0 Å². The lowest BCUT2D eigenvalue weighted by Gasteiger charge is -2.57. The Labute approximate surface area is 192 Å². The highest BCUT2D eigenvalue weighted by atomic mass is 16.5. The van der Waals surface area contributed by atoms with Gasteiger partial charge in [-0.25, -0.2) is 0 Å². The van der Waals surface area contributed by atoms with Gasteiger partial charge in [0.1, 0.15) is 11.6 Å². The van der Waals surface area contributed by atoms with E-state index in [1.54, 1.807) is 13.8 Å². The molecule has 6 atom stereocenters. The van der Waals surface area contributed by atoms with Crippen molar-refractivity contribution in [2.75, 3.05) is 13.2 Å². The zero-order valence-electron chi connectivity index (χ0n) is 20.6. The molecule has 6 rings (SSSR count). The van der Waals surface area contributed by atoms with Gasteiger partial charge in [-0.1, -0.05) is 27.7 Å². The topological polar surface area (TPSA) is 86.7 Å². The van der Waals surface area contributed by atoms with Gasteiger partial charge in [0.25, 0.3) is 0 Å². The van der Waals surface area contributed by atoms with E-state index >= 15 is 0 Å². The summed E-state index contributed by atoms with van der Waals surface area (Å²) in [5.74, 6) is 1.60. The smallest absolute Gasteiger partial charge is 0.306 e. The molecule has 0 N–H and O–H groups in total. The Bertz CT molecular complexity index is 702. The summed E-state index contributed by atoms with van der Waals surface area (Å²) >= 11 is 0. The number of hydrogen-bond donors (Lipinski definition) is 0. The monoisotopic (exact) mass is 448 g/mol. The van der Waals surface area contributed by atoms with Gasteiger partial charge in [0, 0.05) is 23.7 Å². The number of Topliss-reactive ketones (excluding diaryl/α,β-unsaturated/α-hetero) is 2. The molecule has 0 saturated heterocycles. The highest BCUT2D eigenvalue weighted by Crippen LogP contribution is 2.60. The second-order valence-corrected chi connectivity index (χ2v) is 11.3. The first-order valence-electron chi connectivity index (χ1n) is 12.3. The molecule has 0 aliphatic heterocycles. The lowest BCUT2D eigenvalue weighted by atomic mass is 9.46. The van der Waals surface area contributed by atoms with Crippen LogP contribution in [0.1, 0.15) is 80.1 Å². The molecule has 0 aromatic carbocycles. The Morgan fingerprint density at radius 2 is 1.06 bits per heavy atom. The number of ketones is 2. The highest BCUT2D eigenvalue weighted by Gasteiger charge is 2.58. The Kier molecular flexibility index (Phi) is 7.21. The van der Waals surface area contributed by atoms with Gasteiger partial charge in [-0.2, -0.15) is 0 Å². The normalized spacial score (nSPS) is 35.4. The average molecular weight is 449 g/mol. The van der Waals surface area contributed by atoms with Crippen LogP contribution in [-0.2, 0) is 28.7 Å². The third-order valence-corrected chi connectivity index (χ3v) is 9.01. The van der Waals surface area contributed by atoms with Crippen LogP contribution in [0.4, 0.5) is 0 Å². The van der Waals surface area contributed by atoms with E-state index in [2.05, 4.69) is 27.7 Å². The maximum Gasteiger partial charge on any atom is 0.306 e. The molecular weight excluding hydrogens is 408 g/mol. The van der Waals surface area contributed by atoms with E-state index in [0.29, 0.717) is 36.6 Å². The van der Waals surface area contributed by atoms with E-state index in [1.165, 1.54) is 0 Å². The van der Waals surface area contributed by atoms with E-state index in [4.69, 9.17) is 9.47 Å². The summed E-state index contributed by atoms with van der Waals surface area (Å²) in [6, 6.07) is 0. The zero-order valence-corrected chi connectivity index (χ0v) is 20.6. The Morgan fingerprint density at radius 3 is 1.31 bits per heavy atom. The second kappa shape index (κ2) is 9.26. The minimum Gasteiger partial charge on any atom is -0.466 e.